The van der Waals surface area contributed by atoms with Gasteiger partial charge in [0.2, 0.25) is 11.8 Å². The van der Waals surface area contributed by atoms with E-state index >= 15 is 0 Å². The quantitative estimate of drug-likeness (QED) is 0.752. The Balaban J connectivity index is 2.06. The standard InChI is InChI=1S/C18H23BrN2O4/c1-11(2)16(17(23)21-8-4-7-14(21)18(24)25)20-15(22)10-12-5-3-6-13(19)9-12/h3,5-6,9,11,14,16H,4,7-8,10H2,1-2H3,(H,20,22)(H,24,25)/t14-,16-/m0/s1. The summed E-state index contributed by atoms with van der Waals surface area (Å²) in [4.78, 5) is 37.8. The largest absolute Gasteiger partial charge is 0.480 e. The topological polar surface area (TPSA) is 86.7 Å². The van der Waals surface area contributed by atoms with Gasteiger partial charge in [0.15, 0.2) is 0 Å². The molecular weight excluding hydrogens is 388 g/mol. The molecule has 0 aliphatic carbocycles. The van der Waals surface area contributed by atoms with Gasteiger partial charge in [-0.3, -0.25) is 9.59 Å². The molecule has 0 radical (unpaired) electrons. The molecule has 1 fully saturated rings. The average Bonchev–Trinajstić information content (AvgIpc) is 3.01. The van der Waals surface area contributed by atoms with Crippen LogP contribution in [0, 0.1) is 5.92 Å². The van der Waals surface area contributed by atoms with Crippen molar-refractivity contribution in [2.45, 2.75) is 45.2 Å². The van der Waals surface area contributed by atoms with Crippen LogP contribution in [0.3, 0.4) is 0 Å². The molecule has 2 atom stereocenters. The van der Waals surface area contributed by atoms with Crippen LogP contribution in [0.5, 0.6) is 0 Å². The summed E-state index contributed by atoms with van der Waals surface area (Å²) in [6.07, 6.45) is 1.29. The lowest BCUT2D eigenvalue weighted by atomic mass is 10.0. The number of carbonyl (C=O) groups is 3. The molecule has 6 nitrogen and oxygen atoms in total. The van der Waals surface area contributed by atoms with Crippen LogP contribution in [0.25, 0.3) is 0 Å². The van der Waals surface area contributed by atoms with Gasteiger partial charge in [-0.2, -0.15) is 0 Å². The minimum absolute atomic E-state index is 0.131. The van der Waals surface area contributed by atoms with E-state index in [9.17, 15) is 19.5 Å². The SMILES string of the molecule is CC(C)[C@H](NC(=O)Cc1cccc(Br)c1)C(=O)N1CCC[C@H]1C(=O)O. The van der Waals surface area contributed by atoms with Gasteiger partial charge >= 0.3 is 5.97 Å². The summed E-state index contributed by atoms with van der Waals surface area (Å²) in [7, 11) is 0. The monoisotopic (exact) mass is 410 g/mol. The molecule has 1 aromatic rings. The van der Waals surface area contributed by atoms with Crippen molar-refractivity contribution in [3.63, 3.8) is 0 Å². The molecule has 1 aliphatic heterocycles. The summed E-state index contributed by atoms with van der Waals surface area (Å²) < 4.78 is 0.885. The molecular formula is C18H23BrN2O4. The van der Waals surface area contributed by atoms with Gasteiger partial charge in [0, 0.05) is 11.0 Å². The smallest absolute Gasteiger partial charge is 0.326 e. The van der Waals surface area contributed by atoms with Crippen LogP contribution in [0.2, 0.25) is 0 Å². The summed E-state index contributed by atoms with van der Waals surface area (Å²) in [6.45, 7) is 4.10. The highest BCUT2D eigenvalue weighted by molar-refractivity contribution is 9.10. The van der Waals surface area contributed by atoms with Crippen molar-refractivity contribution in [3.05, 3.63) is 34.3 Å². The second-order valence-electron chi connectivity index (χ2n) is 6.62. The van der Waals surface area contributed by atoms with Crippen molar-refractivity contribution in [3.8, 4) is 0 Å². The Kier molecular flexibility index (Phi) is 6.58. The number of halogens is 1. The predicted molar refractivity (Wildman–Crippen MR) is 97.0 cm³/mol. The van der Waals surface area contributed by atoms with Crippen molar-refractivity contribution in [1.29, 1.82) is 0 Å². The van der Waals surface area contributed by atoms with Gasteiger partial charge < -0.3 is 15.3 Å². The molecule has 2 rings (SSSR count). The number of carboxylic acids is 1. The molecule has 2 N–H and O–H groups in total. The van der Waals surface area contributed by atoms with Crippen LogP contribution in [0.15, 0.2) is 28.7 Å². The van der Waals surface area contributed by atoms with Crippen LogP contribution in [0.1, 0.15) is 32.3 Å². The van der Waals surface area contributed by atoms with Gasteiger partial charge in [-0.05, 0) is 36.5 Å². The molecule has 136 valence electrons. The van der Waals surface area contributed by atoms with Gasteiger partial charge in [0.05, 0.1) is 6.42 Å². The minimum atomic E-state index is -0.992. The summed E-state index contributed by atoms with van der Waals surface area (Å²) in [5, 5.41) is 12.1. The van der Waals surface area contributed by atoms with Crippen LogP contribution in [0.4, 0.5) is 0 Å². The molecule has 7 heteroatoms. The van der Waals surface area contributed by atoms with Crippen molar-refractivity contribution >= 4 is 33.7 Å². The van der Waals surface area contributed by atoms with E-state index < -0.39 is 18.1 Å². The van der Waals surface area contributed by atoms with E-state index in [1.165, 1.54) is 4.90 Å². The molecule has 0 aromatic heterocycles. The maximum absolute atomic E-state index is 12.8. The highest BCUT2D eigenvalue weighted by atomic mass is 79.9. The molecule has 0 spiro atoms. The van der Waals surface area contributed by atoms with E-state index in [1.54, 1.807) is 0 Å². The Morgan fingerprint density at radius 3 is 2.68 bits per heavy atom. The zero-order valence-corrected chi connectivity index (χ0v) is 16.0. The Labute approximate surface area is 155 Å². The zero-order chi connectivity index (χ0) is 18.6. The average molecular weight is 411 g/mol. The highest BCUT2D eigenvalue weighted by Gasteiger charge is 2.38. The van der Waals surface area contributed by atoms with Crippen LogP contribution in [-0.2, 0) is 20.8 Å². The number of likely N-dealkylation sites (tertiary alicyclic amines) is 1. The lowest BCUT2D eigenvalue weighted by molar-refractivity contribution is -0.149. The number of hydrogen-bond acceptors (Lipinski definition) is 3. The van der Waals surface area contributed by atoms with Crippen molar-refractivity contribution in [1.82, 2.24) is 10.2 Å². The lowest BCUT2D eigenvalue weighted by Crippen LogP contribution is -2.54. The highest BCUT2D eigenvalue weighted by Crippen LogP contribution is 2.20. The van der Waals surface area contributed by atoms with Gasteiger partial charge in [0.25, 0.3) is 0 Å². The van der Waals surface area contributed by atoms with Crippen LogP contribution >= 0.6 is 15.9 Å². The molecule has 1 aromatic carbocycles. The van der Waals surface area contributed by atoms with E-state index in [2.05, 4.69) is 21.2 Å². The molecule has 2 amide bonds. The minimum Gasteiger partial charge on any atom is -0.480 e. The van der Waals surface area contributed by atoms with Gasteiger partial charge in [-0.25, -0.2) is 4.79 Å². The van der Waals surface area contributed by atoms with Crippen molar-refractivity contribution in [2.75, 3.05) is 6.54 Å². The summed E-state index contributed by atoms with van der Waals surface area (Å²) in [5.41, 5.74) is 0.839. The molecule has 1 saturated heterocycles. The molecule has 1 heterocycles. The Hall–Kier alpha value is -1.89. The number of nitrogens with zero attached hydrogens (tertiary/aromatic N) is 1. The van der Waals surface area contributed by atoms with Crippen LogP contribution < -0.4 is 5.32 Å². The second kappa shape index (κ2) is 8.47. The summed E-state index contributed by atoms with van der Waals surface area (Å²) in [5.74, 6) is -1.69. The number of amides is 2. The summed E-state index contributed by atoms with van der Waals surface area (Å²) in [6, 6.07) is 5.90. The molecule has 0 unspecified atom stereocenters. The van der Waals surface area contributed by atoms with E-state index in [0.29, 0.717) is 19.4 Å². The Morgan fingerprint density at radius 1 is 1.36 bits per heavy atom. The van der Waals surface area contributed by atoms with E-state index in [4.69, 9.17) is 0 Å². The summed E-state index contributed by atoms with van der Waals surface area (Å²) >= 11 is 3.37. The van der Waals surface area contributed by atoms with E-state index in [-0.39, 0.29) is 24.2 Å². The number of carboxylic acid groups (broad SMARTS) is 1. The third kappa shape index (κ3) is 5.04. The number of benzene rings is 1. The fourth-order valence-electron chi connectivity index (χ4n) is 3.04. The maximum atomic E-state index is 12.8. The number of carbonyl (C=O) groups excluding carboxylic acids is 2. The second-order valence-corrected chi connectivity index (χ2v) is 7.54. The van der Waals surface area contributed by atoms with Gasteiger partial charge in [-0.15, -0.1) is 0 Å². The first-order valence-electron chi connectivity index (χ1n) is 8.36. The number of aliphatic carboxylic acids is 1. The number of nitrogens with one attached hydrogen (secondary N) is 1. The first-order chi connectivity index (χ1) is 11.8. The van der Waals surface area contributed by atoms with Gasteiger partial charge in [-0.1, -0.05) is 41.9 Å². The first-order valence-corrected chi connectivity index (χ1v) is 9.16. The maximum Gasteiger partial charge on any atom is 0.326 e. The molecule has 25 heavy (non-hydrogen) atoms. The Bertz CT molecular complexity index is 662. The van der Waals surface area contributed by atoms with Gasteiger partial charge in [0.1, 0.15) is 12.1 Å². The number of hydrogen-bond donors (Lipinski definition) is 2. The van der Waals surface area contributed by atoms with E-state index in [1.807, 2.05) is 38.1 Å². The first kappa shape index (κ1) is 19.4. The molecule has 0 bridgehead atoms. The molecule has 0 saturated carbocycles. The third-order valence-corrected chi connectivity index (χ3v) is 4.82. The molecule has 1 aliphatic rings. The van der Waals surface area contributed by atoms with Crippen molar-refractivity contribution < 1.29 is 19.5 Å². The van der Waals surface area contributed by atoms with E-state index in [0.717, 1.165) is 10.0 Å². The third-order valence-electron chi connectivity index (χ3n) is 4.32. The zero-order valence-electron chi connectivity index (χ0n) is 14.4. The fraction of sp³-hybridized carbons (Fsp3) is 0.500. The lowest BCUT2D eigenvalue weighted by Gasteiger charge is -2.29. The van der Waals surface area contributed by atoms with Crippen LogP contribution in [-0.4, -0.2) is 46.4 Å². The Morgan fingerprint density at radius 2 is 2.08 bits per heavy atom. The fourth-order valence-corrected chi connectivity index (χ4v) is 3.48. The van der Waals surface area contributed by atoms with Crippen molar-refractivity contribution in [2.24, 2.45) is 5.92 Å². The predicted octanol–water partition coefficient (Wildman–Crippen LogP) is 2.21. The number of rotatable bonds is 6. The normalized spacial score (nSPS) is 18.2.